The summed E-state index contributed by atoms with van der Waals surface area (Å²) in [7, 11) is 3.09. The number of methoxy groups -OCH3 is 2. The molecule has 1 aliphatic heterocycles. The van der Waals surface area contributed by atoms with Crippen molar-refractivity contribution in [1.82, 2.24) is 9.55 Å². The SMILES string of the molecule is COc1ccc(OC)c(-n2cnc3c2NC(=O)C[C@@H]3c2ccc(F)c(F)c2)c1. The summed E-state index contributed by atoms with van der Waals surface area (Å²) in [6.45, 7) is 0. The highest BCUT2D eigenvalue weighted by Gasteiger charge is 2.32. The molecule has 1 aliphatic rings. The lowest BCUT2D eigenvalue weighted by molar-refractivity contribution is -0.116. The lowest BCUT2D eigenvalue weighted by Gasteiger charge is -2.24. The minimum atomic E-state index is -0.959. The summed E-state index contributed by atoms with van der Waals surface area (Å²) in [5.74, 6) is -1.00. The van der Waals surface area contributed by atoms with Crippen LogP contribution in [0.2, 0.25) is 0 Å². The number of hydrogen-bond acceptors (Lipinski definition) is 4. The second-order valence-corrected chi connectivity index (χ2v) is 6.36. The van der Waals surface area contributed by atoms with E-state index in [1.165, 1.54) is 13.2 Å². The van der Waals surface area contributed by atoms with E-state index < -0.39 is 17.6 Å². The molecule has 8 heteroatoms. The van der Waals surface area contributed by atoms with Gasteiger partial charge in [-0.05, 0) is 29.8 Å². The molecule has 1 aromatic heterocycles. The maximum absolute atomic E-state index is 13.7. The number of carbonyl (C=O) groups excluding carboxylic acids is 1. The fraction of sp³-hybridized carbons (Fsp3) is 0.200. The molecule has 144 valence electrons. The molecule has 4 rings (SSSR count). The second kappa shape index (κ2) is 6.95. The molecule has 1 amide bonds. The number of aromatic nitrogens is 2. The number of anilines is 1. The van der Waals surface area contributed by atoms with E-state index in [2.05, 4.69) is 10.3 Å². The Labute approximate surface area is 159 Å². The van der Waals surface area contributed by atoms with Crippen LogP contribution in [0.25, 0.3) is 5.69 Å². The largest absolute Gasteiger partial charge is 0.497 e. The zero-order chi connectivity index (χ0) is 19.8. The molecular formula is C20H17F2N3O3. The van der Waals surface area contributed by atoms with Crippen molar-refractivity contribution >= 4 is 11.7 Å². The number of nitrogens with one attached hydrogen (secondary N) is 1. The van der Waals surface area contributed by atoms with Gasteiger partial charge in [0.05, 0.1) is 25.6 Å². The fourth-order valence-corrected chi connectivity index (χ4v) is 3.38. The third-order valence-corrected chi connectivity index (χ3v) is 4.76. The van der Waals surface area contributed by atoms with Gasteiger partial charge >= 0.3 is 0 Å². The van der Waals surface area contributed by atoms with Crippen molar-refractivity contribution in [2.24, 2.45) is 0 Å². The molecule has 0 bridgehead atoms. The summed E-state index contributed by atoms with van der Waals surface area (Å²) in [5, 5.41) is 2.82. The Morgan fingerprint density at radius 1 is 1.11 bits per heavy atom. The maximum atomic E-state index is 13.7. The number of imidazole rings is 1. The first-order valence-corrected chi connectivity index (χ1v) is 8.56. The Kier molecular flexibility index (Phi) is 4.46. The number of halogens is 2. The summed E-state index contributed by atoms with van der Waals surface area (Å²) in [6.07, 6.45) is 1.64. The molecule has 2 heterocycles. The monoisotopic (exact) mass is 385 g/mol. The number of fused-ring (bicyclic) bond motifs is 1. The normalized spacial score (nSPS) is 15.7. The lowest BCUT2D eigenvalue weighted by atomic mass is 9.89. The van der Waals surface area contributed by atoms with E-state index >= 15 is 0 Å². The highest BCUT2D eigenvalue weighted by atomic mass is 19.2. The van der Waals surface area contributed by atoms with Gasteiger partial charge in [0.1, 0.15) is 23.6 Å². The number of hydrogen-bond donors (Lipinski definition) is 1. The van der Waals surface area contributed by atoms with Crippen LogP contribution in [0.5, 0.6) is 11.5 Å². The highest BCUT2D eigenvalue weighted by Crippen LogP contribution is 2.39. The standard InChI is InChI=1S/C20H17F2N3O3/c1-27-12-4-6-17(28-2)16(8-12)25-10-23-19-13(9-18(26)24-20(19)25)11-3-5-14(21)15(22)7-11/h3-8,10,13H,9H2,1-2H3,(H,24,26)/t13-/m1/s1. The number of benzene rings is 2. The molecule has 0 saturated carbocycles. The lowest BCUT2D eigenvalue weighted by Crippen LogP contribution is -2.25. The van der Waals surface area contributed by atoms with Gasteiger partial charge in [0.2, 0.25) is 5.91 Å². The first-order chi connectivity index (χ1) is 13.5. The average Bonchev–Trinajstić information content (AvgIpc) is 3.12. The van der Waals surface area contributed by atoms with E-state index in [-0.39, 0.29) is 12.3 Å². The molecular weight excluding hydrogens is 368 g/mol. The van der Waals surface area contributed by atoms with Gasteiger partial charge < -0.3 is 14.8 Å². The molecule has 0 spiro atoms. The van der Waals surface area contributed by atoms with Crippen LogP contribution in [-0.4, -0.2) is 29.7 Å². The number of amides is 1. The second-order valence-electron chi connectivity index (χ2n) is 6.36. The van der Waals surface area contributed by atoms with Gasteiger partial charge in [-0.3, -0.25) is 9.36 Å². The zero-order valence-corrected chi connectivity index (χ0v) is 15.2. The van der Waals surface area contributed by atoms with Crippen molar-refractivity contribution in [3.05, 3.63) is 65.6 Å². The van der Waals surface area contributed by atoms with Crippen molar-refractivity contribution in [3.63, 3.8) is 0 Å². The third-order valence-electron chi connectivity index (χ3n) is 4.76. The summed E-state index contributed by atoms with van der Waals surface area (Å²) in [4.78, 5) is 16.8. The van der Waals surface area contributed by atoms with Crippen molar-refractivity contribution in [2.45, 2.75) is 12.3 Å². The van der Waals surface area contributed by atoms with Crippen LogP contribution in [0.4, 0.5) is 14.6 Å². The van der Waals surface area contributed by atoms with E-state index in [1.54, 1.807) is 36.2 Å². The molecule has 0 saturated heterocycles. The quantitative estimate of drug-likeness (QED) is 0.745. The fourth-order valence-electron chi connectivity index (χ4n) is 3.38. The molecule has 28 heavy (non-hydrogen) atoms. The molecule has 2 aromatic carbocycles. The Hall–Kier alpha value is -3.42. The minimum Gasteiger partial charge on any atom is -0.497 e. The zero-order valence-electron chi connectivity index (χ0n) is 15.2. The summed E-state index contributed by atoms with van der Waals surface area (Å²) in [5.41, 5.74) is 1.68. The summed E-state index contributed by atoms with van der Waals surface area (Å²) in [6, 6.07) is 8.89. The van der Waals surface area contributed by atoms with E-state index in [4.69, 9.17) is 9.47 Å². The summed E-state index contributed by atoms with van der Waals surface area (Å²) < 4.78 is 39.4. The van der Waals surface area contributed by atoms with Crippen LogP contribution in [0.15, 0.2) is 42.7 Å². The molecule has 0 radical (unpaired) electrons. The molecule has 1 atom stereocenters. The van der Waals surface area contributed by atoms with Crippen LogP contribution >= 0.6 is 0 Å². The Morgan fingerprint density at radius 2 is 1.93 bits per heavy atom. The molecule has 0 fully saturated rings. The van der Waals surface area contributed by atoms with Crippen LogP contribution < -0.4 is 14.8 Å². The topological polar surface area (TPSA) is 65.4 Å². The van der Waals surface area contributed by atoms with Gasteiger partial charge in [0, 0.05) is 18.4 Å². The smallest absolute Gasteiger partial charge is 0.226 e. The van der Waals surface area contributed by atoms with E-state index in [1.807, 2.05) is 0 Å². The number of ether oxygens (including phenoxy) is 2. The molecule has 6 nitrogen and oxygen atoms in total. The predicted molar refractivity (Wildman–Crippen MR) is 98.1 cm³/mol. The first-order valence-electron chi connectivity index (χ1n) is 8.56. The van der Waals surface area contributed by atoms with E-state index in [0.29, 0.717) is 34.3 Å². The van der Waals surface area contributed by atoms with Crippen LogP contribution in [-0.2, 0) is 4.79 Å². The first kappa shape index (κ1) is 18.0. The molecule has 1 N–H and O–H groups in total. The van der Waals surface area contributed by atoms with Crippen molar-refractivity contribution < 1.29 is 23.0 Å². The van der Waals surface area contributed by atoms with Crippen LogP contribution in [0.1, 0.15) is 23.6 Å². The minimum absolute atomic E-state index is 0.0876. The predicted octanol–water partition coefficient (Wildman–Crippen LogP) is 3.64. The van der Waals surface area contributed by atoms with Gasteiger partial charge in [0.25, 0.3) is 0 Å². The van der Waals surface area contributed by atoms with Crippen molar-refractivity contribution in [3.8, 4) is 17.2 Å². The average molecular weight is 385 g/mol. The molecule has 0 unspecified atom stereocenters. The highest BCUT2D eigenvalue weighted by molar-refractivity contribution is 5.94. The Bertz CT molecular complexity index is 1060. The van der Waals surface area contributed by atoms with Gasteiger partial charge in [-0.25, -0.2) is 13.8 Å². The maximum Gasteiger partial charge on any atom is 0.226 e. The molecule has 3 aromatic rings. The van der Waals surface area contributed by atoms with Gasteiger partial charge in [-0.1, -0.05) is 6.07 Å². The van der Waals surface area contributed by atoms with Gasteiger partial charge in [-0.2, -0.15) is 0 Å². The number of nitrogens with zero attached hydrogens (tertiary/aromatic N) is 2. The third kappa shape index (κ3) is 2.96. The Balaban J connectivity index is 1.84. The van der Waals surface area contributed by atoms with E-state index in [0.717, 1.165) is 12.1 Å². The molecule has 0 aliphatic carbocycles. The summed E-state index contributed by atoms with van der Waals surface area (Å²) >= 11 is 0. The van der Waals surface area contributed by atoms with Crippen LogP contribution in [0, 0.1) is 11.6 Å². The van der Waals surface area contributed by atoms with E-state index in [9.17, 15) is 13.6 Å². The number of carbonyl (C=O) groups is 1. The number of rotatable bonds is 4. The van der Waals surface area contributed by atoms with Gasteiger partial charge in [-0.15, -0.1) is 0 Å². The van der Waals surface area contributed by atoms with Crippen molar-refractivity contribution in [1.29, 1.82) is 0 Å². The van der Waals surface area contributed by atoms with Crippen LogP contribution in [0.3, 0.4) is 0 Å². The van der Waals surface area contributed by atoms with Crippen molar-refractivity contribution in [2.75, 3.05) is 19.5 Å². The van der Waals surface area contributed by atoms with Gasteiger partial charge in [0.15, 0.2) is 11.6 Å². The Morgan fingerprint density at radius 3 is 2.64 bits per heavy atom.